The van der Waals surface area contributed by atoms with E-state index in [0.717, 1.165) is 29.9 Å². The van der Waals surface area contributed by atoms with Crippen LogP contribution >= 0.6 is 0 Å². The summed E-state index contributed by atoms with van der Waals surface area (Å²) >= 11 is 0. The van der Waals surface area contributed by atoms with Gasteiger partial charge in [-0.1, -0.05) is 12.1 Å². The Morgan fingerprint density at radius 2 is 1.87 bits per heavy atom. The van der Waals surface area contributed by atoms with Crippen molar-refractivity contribution in [1.29, 1.82) is 0 Å². The monoisotopic (exact) mass is 317 g/mol. The minimum absolute atomic E-state index is 0.180. The molecule has 1 amide bonds. The Morgan fingerprint density at radius 1 is 1.13 bits per heavy atom. The van der Waals surface area contributed by atoms with Crippen LogP contribution in [-0.2, 0) is 0 Å². The largest absolute Gasteiger partial charge is 0.497 e. The lowest BCUT2D eigenvalue weighted by molar-refractivity contribution is 0.0790. The number of hydrogen-bond donors (Lipinski definition) is 0. The molecule has 0 N–H and O–H groups in total. The molecule has 120 valence electrons. The third kappa shape index (κ3) is 3.18. The van der Waals surface area contributed by atoms with Gasteiger partial charge in [-0.05, 0) is 42.3 Å². The zero-order valence-corrected chi connectivity index (χ0v) is 12.8. The Balaban J connectivity index is 1.70. The van der Waals surface area contributed by atoms with Crippen LogP contribution in [0, 0.1) is 11.6 Å². The van der Waals surface area contributed by atoms with E-state index in [1.54, 1.807) is 12.0 Å². The van der Waals surface area contributed by atoms with E-state index < -0.39 is 11.6 Å². The quantitative estimate of drug-likeness (QED) is 0.865. The van der Waals surface area contributed by atoms with Crippen molar-refractivity contribution in [3.8, 4) is 5.75 Å². The number of hydrogen-bond acceptors (Lipinski definition) is 2. The fourth-order valence-corrected chi connectivity index (χ4v) is 2.90. The van der Waals surface area contributed by atoms with Crippen molar-refractivity contribution in [2.45, 2.75) is 12.3 Å². The number of methoxy groups -OCH3 is 1. The molecule has 2 aromatic rings. The van der Waals surface area contributed by atoms with Crippen LogP contribution in [0.1, 0.15) is 28.3 Å². The topological polar surface area (TPSA) is 29.5 Å². The van der Waals surface area contributed by atoms with Gasteiger partial charge in [0.2, 0.25) is 0 Å². The zero-order valence-electron chi connectivity index (χ0n) is 12.8. The molecule has 1 atom stereocenters. The zero-order chi connectivity index (χ0) is 16.4. The van der Waals surface area contributed by atoms with Crippen molar-refractivity contribution in [2.24, 2.45) is 0 Å². The van der Waals surface area contributed by atoms with Gasteiger partial charge in [0.05, 0.1) is 7.11 Å². The minimum atomic E-state index is -0.998. The maximum absolute atomic E-state index is 13.3. The van der Waals surface area contributed by atoms with Crippen molar-refractivity contribution in [3.05, 3.63) is 65.2 Å². The van der Waals surface area contributed by atoms with Crippen LogP contribution in [0.5, 0.6) is 5.75 Å². The van der Waals surface area contributed by atoms with E-state index in [4.69, 9.17) is 4.74 Å². The van der Waals surface area contributed by atoms with E-state index in [-0.39, 0.29) is 17.4 Å². The van der Waals surface area contributed by atoms with E-state index in [1.165, 1.54) is 6.07 Å². The predicted octanol–water partition coefficient (Wildman–Crippen LogP) is 3.60. The Bertz CT molecular complexity index is 715. The average Bonchev–Trinajstić information content (AvgIpc) is 3.07. The summed E-state index contributed by atoms with van der Waals surface area (Å²) in [7, 11) is 1.62. The number of ether oxygens (including phenoxy) is 1. The summed E-state index contributed by atoms with van der Waals surface area (Å²) in [5.41, 5.74) is 1.32. The van der Waals surface area contributed by atoms with Gasteiger partial charge in [-0.2, -0.15) is 0 Å². The first-order valence-electron chi connectivity index (χ1n) is 7.47. The molecular formula is C18H17F2NO2. The fraction of sp³-hybridized carbons (Fsp3) is 0.278. The highest BCUT2D eigenvalue weighted by molar-refractivity contribution is 5.94. The third-order valence-corrected chi connectivity index (χ3v) is 4.23. The molecular weight excluding hydrogens is 300 g/mol. The first kappa shape index (κ1) is 15.5. The molecule has 0 spiro atoms. The number of benzene rings is 2. The summed E-state index contributed by atoms with van der Waals surface area (Å²) in [6, 6.07) is 11.0. The molecule has 1 unspecified atom stereocenters. The van der Waals surface area contributed by atoms with Crippen LogP contribution in [0.4, 0.5) is 8.78 Å². The van der Waals surface area contributed by atoms with Crippen LogP contribution in [-0.4, -0.2) is 31.0 Å². The summed E-state index contributed by atoms with van der Waals surface area (Å²) < 4.78 is 31.4. The van der Waals surface area contributed by atoms with Gasteiger partial charge in [0.15, 0.2) is 11.6 Å². The molecule has 23 heavy (non-hydrogen) atoms. The van der Waals surface area contributed by atoms with Crippen LogP contribution < -0.4 is 4.74 Å². The fourth-order valence-electron chi connectivity index (χ4n) is 2.90. The summed E-state index contributed by atoms with van der Waals surface area (Å²) in [5, 5.41) is 0. The molecule has 3 nitrogen and oxygen atoms in total. The molecule has 2 aromatic carbocycles. The molecule has 0 aliphatic carbocycles. The second-order valence-electron chi connectivity index (χ2n) is 5.64. The molecule has 1 aliphatic rings. The van der Waals surface area contributed by atoms with Crippen LogP contribution in [0.2, 0.25) is 0 Å². The summed E-state index contributed by atoms with van der Waals surface area (Å²) in [4.78, 5) is 14.1. The van der Waals surface area contributed by atoms with Gasteiger partial charge < -0.3 is 9.64 Å². The van der Waals surface area contributed by atoms with Gasteiger partial charge in [0.1, 0.15) is 5.75 Å². The maximum Gasteiger partial charge on any atom is 0.253 e. The number of carbonyl (C=O) groups excluding carboxylic acids is 1. The Labute approximate surface area is 133 Å². The molecule has 0 aromatic heterocycles. The molecule has 0 bridgehead atoms. The third-order valence-electron chi connectivity index (χ3n) is 4.23. The lowest BCUT2D eigenvalue weighted by Gasteiger charge is -2.17. The summed E-state index contributed by atoms with van der Waals surface area (Å²) in [6.45, 7) is 1.18. The van der Waals surface area contributed by atoms with Gasteiger partial charge in [-0.15, -0.1) is 0 Å². The molecule has 0 radical (unpaired) electrons. The molecule has 5 heteroatoms. The van der Waals surface area contributed by atoms with E-state index in [1.807, 2.05) is 24.3 Å². The highest BCUT2D eigenvalue weighted by Gasteiger charge is 2.28. The van der Waals surface area contributed by atoms with Crippen LogP contribution in [0.3, 0.4) is 0 Å². The highest BCUT2D eigenvalue weighted by atomic mass is 19.2. The van der Waals surface area contributed by atoms with Gasteiger partial charge >= 0.3 is 0 Å². The number of likely N-dealkylation sites (tertiary alicyclic amines) is 1. The standard InChI is InChI=1S/C18H17F2NO2/c1-23-15-5-2-12(3-6-15)14-8-9-21(11-14)18(22)13-4-7-16(19)17(20)10-13/h2-7,10,14H,8-9,11H2,1H3. The lowest BCUT2D eigenvalue weighted by Crippen LogP contribution is -2.28. The van der Waals surface area contributed by atoms with Crippen molar-refractivity contribution in [1.82, 2.24) is 4.90 Å². The van der Waals surface area contributed by atoms with E-state index in [2.05, 4.69) is 0 Å². The smallest absolute Gasteiger partial charge is 0.253 e. The molecule has 3 rings (SSSR count). The van der Waals surface area contributed by atoms with Crippen molar-refractivity contribution in [2.75, 3.05) is 20.2 Å². The van der Waals surface area contributed by atoms with Crippen molar-refractivity contribution in [3.63, 3.8) is 0 Å². The second-order valence-corrected chi connectivity index (χ2v) is 5.64. The molecule has 1 saturated heterocycles. The minimum Gasteiger partial charge on any atom is -0.497 e. The molecule has 1 heterocycles. The van der Waals surface area contributed by atoms with Crippen LogP contribution in [0.25, 0.3) is 0 Å². The van der Waals surface area contributed by atoms with E-state index in [9.17, 15) is 13.6 Å². The first-order valence-corrected chi connectivity index (χ1v) is 7.47. The number of carbonyl (C=O) groups is 1. The van der Waals surface area contributed by atoms with E-state index in [0.29, 0.717) is 13.1 Å². The second kappa shape index (κ2) is 6.36. The Hall–Kier alpha value is -2.43. The van der Waals surface area contributed by atoms with Crippen molar-refractivity contribution < 1.29 is 18.3 Å². The number of rotatable bonds is 3. The normalized spacial score (nSPS) is 17.3. The van der Waals surface area contributed by atoms with Crippen LogP contribution in [0.15, 0.2) is 42.5 Å². The highest BCUT2D eigenvalue weighted by Crippen LogP contribution is 2.29. The Kier molecular flexibility index (Phi) is 4.28. The van der Waals surface area contributed by atoms with Gasteiger partial charge in [0, 0.05) is 24.6 Å². The first-order chi connectivity index (χ1) is 11.1. The number of halogens is 2. The molecule has 0 saturated carbocycles. The molecule has 1 aliphatic heterocycles. The van der Waals surface area contributed by atoms with Gasteiger partial charge in [-0.3, -0.25) is 4.79 Å². The average molecular weight is 317 g/mol. The number of amides is 1. The summed E-state index contributed by atoms with van der Waals surface area (Å²) in [6.07, 6.45) is 0.849. The SMILES string of the molecule is COc1ccc(C2CCN(C(=O)c3ccc(F)c(F)c3)C2)cc1. The van der Waals surface area contributed by atoms with Crippen molar-refractivity contribution >= 4 is 5.91 Å². The number of nitrogens with zero attached hydrogens (tertiary/aromatic N) is 1. The van der Waals surface area contributed by atoms with E-state index >= 15 is 0 Å². The summed E-state index contributed by atoms with van der Waals surface area (Å²) in [5.74, 6) is -1.17. The van der Waals surface area contributed by atoms with Gasteiger partial charge in [0.25, 0.3) is 5.91 Å². The maximum atomic E-state index is 13.3. The molecule has 1 fully saturated rings. The van der Waals surface area contributed by atoms with Gasteiger partial charge in [-0.25, -0.2) is 8.78 Å². The lowest BCUT2D eigenvalue weighted by atomic mass is 9.98. The predicted molar refractivity (Wildman–Crippen MR) is 82.6 cm³/mol. The Morgan fingerprint density at radius 3 is 2.52 bits per heavy atom.